The quantitative estimate of drug-likeness (QED) is 0.0213. The lowest BCUT2D eigenvalue weighted by molar-refractivity contribution is -0.148. The minimum Gasteiger partial charge on any atom is -0.504 e. The molecule has 8 N–H and O–H groups in total. The number of hydrogen-bond donors (Lipinski definition) is 6. The number of aromatic nitrogens is 5. The number of benzene rings is 1. The lowest BCUT2D eigenvalue weighted by Crippen LogP contribution is -2.70. The zero-order valence-electron chi connectivity index (χ0n) is 26.2. The Labute approximate surface area is 303 Å². The lowest BCUT2D eigenvalue weighted by atomic mass is 10.1. The summed E-state index contributed by atoms with van der Waals surface area (Å²) in [6.45, 7) is 1.70. The van der Waals surface area contributed by atoms with Gasteiger partial charge in [0.2, 0.25) is 27.5 Å². The van der Waals surface area contributed by atoms with E-state index in [0.717, 1.165) is 34.4 Å². The van der Waals surface area contributed by atoms with Gasteiger partial charge < -0.3 is 41.7 Å². The average molecular weight is 793 g/mol. The first-order valence-corrected chi connectivity index (χ1v) is 18.9. The monoisotopic (exact) mass is 792 g/mol. The number of thiazole rings is 1. The number of carbonyl (C=O) groups is 4. The molecular weight excluding hydrogens is 769 g/mol. The van der Waals surface area contributed by atoms with Gasteiger partial charge in [-0.3, -0.25) is 19.3 Å². The van der Waals surface area contributed by atoms with E-state index < -0.39 is 73.2 Å². The van der Waals surface area contributed by atoms with Crippen LogP contribution in [0.5, 0.6) is 11.5 Å². The molecule has 0 unspecified atom stereocenters. The van der Waals surface area contributed by atoms with Crippen molar-refractivity contribution in [1.82, 2.24) is 34.8 Å². The van der Waals surface area contributed by atoms with Crippen LogP contribution in [0.15, 0.2) is 56.2 Å². The zero-order valence-corrected chi connectivity index (χ0v) is 29.5. The second-order valence-corrected chi connectivity index (χ2v) is 15.6. The van der Waals surface area contributed by atoms with Gasteiger partial charge in [-0.05, 0) is 25.1 Å². The zero-order chi connectivity index (χ0) is 37.5. The van der Waals surface area contributed by atoms with Gasteiger partial charge in [-0.1, -0.05) is 5.16 Å². The molecule has 4 aromatic rings. The molecule has 2 aliphatic heterocycles. The van der Waals surface area contributed by atoms with Crippen LogP contribution >= 0.6 is 34.9 Å². The first-order valence-electron chi connectivity index (χ1n) is 14.3. The number of β-lactam (4-membered cyclic amide) rings is 1. The Morgan fingerprint density at radius 1 is 1.17 bits per heavy atom. The van der Waals surface area contributed by atoms with Crippen molar-refractivity contribution in [2.45, 2.75) is 28.3 Å². The molecule has 2 atom stereocenters. The number of amides is 3. The van der Waals surface area contributed by atoms with Crippen molar-refractivity contribution in [3.8, 4) is 11.5 Å². The molecule has 3 aromatic heterocycles. The molecule has 272 valence electrons. The van der Waals surface area contributed by atoms with Crippen LogP contribution in [0.3, 0.4) is 0 Å². The summed E-state index contributed by atoms with van der Waals surface area (Å²) in [5.74, 6) is -4.96. The molecule has 0 bridgehead atoms. The van der Waals surface area contributed by atoms with Crippen molar-refractivity contribution in [1.29, 1.82) is 0 Å². The number of carboxylic acid groups (broad SMARTS) is 1. The highest BCUT2D eigenvalue weighted by Gasteiger charge is 2.54. The smallest absolute Gasteiger partial charge is 0.504 e. The van der Waals surface area contributed by atoms with Gasteiger partial charge in [0.25, 0.3) is 23.5 Å². The SMILES string of the molecule is Cc1cc(SCC2=C(OC(=O)O)N3C(=O)[C@@H](NC(=O)/C(=N\OCS(=O)(=O)c4ccc(O)c(O)c4)c4csc(N)n4)[C@H]3SC2)n2nc(C(N)=O)nc2n1. The summed E-state index contributed by atoms with van der Waals surface area (Å²) in [5.41, 5.74) is 11.4. The maximum atomic E-state index is 13.5. The molecule has 6 rings (SSSR count). The summed E-state index contributed by atoms with van der Waals surface area (Å²) < 4.78 is 31.8. The van der Waals surface area contributed by atoms with Crippen molar-refractivity contribution >= 4 is 85.2 Å². The van der Waals surface area contributed by atoms with Crippen LogP contribution in [0.2, 0.25) is 0 Å². The molecule has 52 heavy (non-hydrogen) atoms. The summed E-state index contributed by atoms with van der Waals surface area (Å²) >= 11 is 3.33. The summed E-state index contributed by atoms with van der Waals surface area (Å²) in [7, 11) is -4.24. The van der Waals surface area contributed by atoms with E-state index in [1.807, 2.05) is 0 Å². The van der Waals surface area contributed by atoms with Gasteiger partial charge in [0.1, 0.15) is 22.1 Å². The maximum Gasteiger partial charge on any atom is 0.512 e. The number of ether oxygens (including phenoxy) is 1. The molecule has 25 heteroatoms. The van der Waals surface area contributed by atoms with E-state index in [9.17, 15) is 42.9 Å². The Morgan fingerprint density at radius 2 is 1.94 bits per heavy atom. The Morgan fingerprint density at radius 3 is 2.62 bits per heavy atom. The highest BCUT2D eigenvalue weighted by atomic mass is 32.2. The minimum absolute atomic E-state index is 0.0437. The number of rotatable bonds is 12. The van der Waals surface area contributed by atoms with Crippen molar-refractivity contribution in [2.75, 3.05) is 23.2 Å². The molecule has 2 aliphatic rings. The van der Waals surface area contributed by atoms with Crippen molar-refractivity contribution in [3.63, 3.8) is 0 Å². The van der Waals surface area contributed by atoms with Gasteiger partial charge in [-0.15, -0.1) is 40.0 Å². The summed E-state index contributed by atoms with van der Waals surface area (Å²) in [4.78, 5) is 68.2. The Balaban J connectivity index is 1.19. The normalized spacial score (nSPS) is 17.4. The van der Waals surface area contributed by atoms with Crippen LogP contribution in [-0.2, 0) is 29.0 Å². The van der Waals surface area contributed by atoms with Gasteiger partial charge in [0.05, 0.1) is 4.90 Å². The van der Waals surface area contributed by atoms with Gasteiger partial charge in [-0.2, -0.15) is 9.50 Å². The van der Waals surface area contributed by atoms with E-state index in [2.05, 4.69) is 30.5 Å². The van der Waals surface area contributed by atoms with E-state index in [1.54, 1.807) is 13.0 Å². The summed E-state index contributed by atoms with van der Waals surface area (Å²) in [6.07, 6.45) is -1.68. The number of aromatic hydroxyl groups is 2. The number of anilines is 1. The Bertz CT molecular complexity index is 2330. The van der Waals surface area contributed by atoms with Gasteiger partial charge in [-0.25, -0.2) is 23.2 Å². The maximum absolute atomic E-state index is 13.5. The molecule has 0 aliphatic carbocycles. The van der Waals surface area contributed by atoms with Crippen LogP contribution in [0.4, 0.5) is 9.93 Å². The van der Waals surface area contributed by atoms with Crippen LogP contribution in [0.1, 0.15) is 22.0 Å². The number of primary amides is 1. The van der Waals surface area contributed by atoms with Crippen molar-refractivity contribution in [3.05, 3.63) is 58.3 Å². The number of hydrogen-bond acceptors (Lipinski definition) is 19. The lowest BCUT2D eigenvalue weighted by Gasteiger charge is -2.49. The van der Waals surface area contributed by atoms with Crippen LogP contribution in [0, 0.1) is 6.92 Å². The van der Waals surface area contributed by atoms with Crippen LogP contribution in [-0.4, -0.2) is 112 Å². The first kappa shape index (κ1) is 36.1. The molecule has 0 spiro atoms. The third-order valence-electron chi connectivity index (χ3n) is 7.13. The number of nitrogens with one attached hydrogen (secondary N) is 1. The second-order valence-electron chi connectivity index (χ2n) is 10.7. The number of oxime groups is 1. The third kappa shape index (κ3) is 7.23. The molecule has 1 aromatic carbocycles. The van der Waals surface area contributed by atoms with Gasteiger partial charge in [0.15, 0.2) is 22.3 Å². The number of nitrogens with two attached hydrogens (primary N) is 2. The van der Waals surface area contributed by atoms with Crippen molar-refractivity contribution < 1.29 is 52.5 Å². The Kier molecular flexibility index (Phi) is 9.84. The van der Waals surface area contributed by atoms with Crippen LogP contribution < -0.4 is 16.8 Å². The molecular formula is C27H24N10O11S4. The van der Waals surface area contributed by atoms with Crippen LogP contribution in [0.25, 0.3) is 5.78 Å². The number of carbonyl (C=O) groups excluding carboxylic acids is 3. The van der Waals surface area contributed by atoms with E-state index in [1.165, 1.54) is 33.4 Å². The molecule has 3 amide bonds. The molecule has 0 radical (unpaired) electrons. The summed E-state index contributed by atoms with van der Waals surface area (Å²) in [5, 5.41) is 40.0. The van der Waals surface area contributed by atoms with E-state index in [0.29, 0.717) is 16.3 Å². The third-order valence-corrected chi connectivity index (χ3v) is 11.6. The average Bonchev–Trinajstić information content (AvgIpc) is 3.71. The standard InChI is InChI=1S/C27H24N10O11S4/c1-10-4-16(37-26(30-10)33-20(34-37)19(28)40)49-6-11-7-50-24-18(22(42)36(24)23(11)48-27(43)44)32-21(41)17(13-8-51-25(29)31-13)35-47-9-52(45,46)12-2-3-14(38)15(39)5-12/h2-5,8,18,24,38-39H,6-7,9H2,1H3,(H2,28,40)(H2,29,31)(H,32,41)(H,43,44)/b35-17-/t18-,24-/m1/s1. The molecule has 0 saturated carbocycles. The van der Waals surface area contributed by atoms with Gasteiger partial charge >= 0.3 is 6.16 Å². The van der Waals surface area contributed by atoms with Crippen molar-refractivity contribution in [2.24, 2.45) is 10.9 Å². The number of aryl methyl sites for hydroxylation is 1. The molecule has 21 nitrogen and oxygen atoms in total. The highest BCUT2D eigenvalue weighted by Crippen LogP contribution is 2.42. The fourth-order valence-electron chi connectivity index (χ4n) is 4.77. The molecule has 1 fully saturated rings. The predicted octanol–water partition coefficient (Wildman–Crippen LogP) is 0.232. The number of thioether (sulfide) groups is 2. The van der Waals surface area contributed by atoms with E-state index >= 15 is 0 Å². The largest absolute Gasteiger partial charge is 0.512 e. The topological polar surface area (TPSA) is 317 Å². The van der Waals surface area contributed by atoms with E-state index in [4.69, 9.17) is 21.0 Å². The number of nitrogen functional groups attached to an aromatic ring is 1. The fraction of sp³-hybridized carbons (Fsp3) is 0.222. The molecule has 5 heterocycles. The minimum atomic E-state index is -4.24. The number of phenols is 2. The summed E-state index contributed by atoms with van der Waals surface area (Å²) in [6, 6.07) is 3.27. The second kappa shape index (κ2) is 14.2. The molecule has 1 saturated heterocycles. The number of nitrogens with zero attached hydrogens (tertiary/aromatic N) is 7. The van der Waals surface area contributed by atoms with Gasteiger partial charge in [0, 0.05) is 34.2 Å². The number of sulfone groups is 1. The fourth-order valence-corrected chi connectivity index (χ4v) is 8.71. The van der Waals surface area contributed by atoms with E-state index in [-0.39, 0.29) is 39.8 Å². The number of fused-ring (bicyclic) bond motifs is 2. The highest BCUT2D eigenvalue weighted by molar-refractivity contribution is 8.01. The Hall–Kier alpha value is -5.66. The first-order chi connectivity index (χ1) is 24.6. The predicted molar refractivity (Wildman–Crippen MR) is 182 cm³/mol. The number of phenolic OH excluding ortho intramolecular Hbond substituents is 2.